The van der Waals surface area contributed by atoms with Gasteiger partial charge in [-0.25, -0.2) is 0 Å². The number of hydrogen-bond donors (Lipinski definition) is 2. The normalized spacial score (nSPS) is 10.4. The third kappa shape index (κ3) is 3.24. The molecule has 3 rings (SSSR count). The Morgan fingerprint density at radius 2 is 1.87 bits per heavy atom. The van der Waals surface area contributed by atoms with E-state index in [0.717, 1.165) is 17.5 Å². The molecule has 2 N–H and O–H groups in total. The van der Waals surface area contributed by atoms with E-state index in [9.17, 15) is 4.79 Å². The number of aromatic nitrogens is 1. The van der Waals surface area contributed by atoms with Gasteiger partial charge in [0, 0.05) is 29.2 Å². The van der Waals surface area contributed by atoms with Gasteiger partial charge in [-0.05, 0) is 29.7 Å². The first-order valence-electron chi connectivity index (χ1n) is 7.57. The topological polar surface area (TPSA) is 68.7 Å². The second-order valence-electron chi connectivity index (χ2n) is 5.36. The molecule has 0 bridgehead atoms. The van der Waals surface area contributed by atoms with Crippen LogP contribution in [0.25, 0.3) is 10.9 Å². The average Bonchev–Trinajstić information content (AvgIpc) is 2.99. The maximum Gasteiger partial charge on any atom is 0.251 e. The summed E-state index contributed by atoms with van der Waals surface area (Å²) in [6, 6.07) is 17.4. The van der Waals surface area contributed by atoms with Crippen LogP contribution in [0, 0.1) is 11.3 Å². The van der Waals surface area contributed by atoms with E-state index >= 15 is 0 Å². The zero-order chi connectivity index (χ0) is 16.1. The van der Waals surface area contributed by atoms with Crippen molar-refractivity contribution in [2.75, 3.05) is 6.54 Å². The number of amides is 1. The SMILES string of the molecule is N#CCc1ccccc1C(=O)NCCc1c[nH]c2ccccc12. The van der Waals surface area contributed by atoms with E-state index in [1.807, 2.05) is 42.6 Å². The predicted molar refractivity (Wildman–Crippen MR) is 90.1 cm³/mol. The molecule has 0 spiro atoms. The summed E-state index contributed by atoms with van der Waals surface area (Å²) in [5.41, 5.74) is 3.63. The monoisotopic (exact) mass is 303 g/mol. The molecule has 0 radical (unpaired) electrons. The third-order valence-corrected chi connectivity index (χ3v) is 3.89. The minimum absolute atomic E-state index is 0.129. The van der Waals surface area contributed by atoms with Crippen molar-refractivity contribution in [3.8, 4) is 6.07 Å². The number of nitrogens with one attached hydrogen (secondary N) is 2. The summed E-state index contributed by atoms with van der Waals surface area (Å²) in [7, 11) is 0. The lowest BCUT2D eigenvalue weighted by Crippen LogP contribution is -2.26. The lowest BCUT2D eigenvalue weighted by atomic mass is 10.0. The van der Waals surface area contributed by atoms with E-state index < -0.39 is 0 Å². The van der Waals surface area contributed by atoms with Gasteiger partial charge in [-0.2, -0.15) is 5.26 Å². The molecule has 0 fully saturated rings. The highest BCUT2D eigenvalue weighted by Gasteiger charge is 2.10. The highest BCUT2D eigenvalue weighted by molar-refractivity contribution is 5.95. The van der Waals surface area contributed by atoms with Crippen LogP contribution in [0.4, 0.5) is 0 Å². The van der Waals surface area contributed by atoms with Gasteiger partial charge in [0.05, 0.1) is 12.5 Å². The van der Waals surface area contributed by atoms with Crippen molar-refractivity contribution in [3.05, 3.63) is 71.4 Å². The summed E-state index contributed by atoms with van der Waals surface area (Å²) < 4.78 is 0. The van der Waals surface area contributed by atoms with Crippen LogP contribution in [0.3, 0.4) is 0 Å². The summed E-state index contributed by atoms with van der Waals surface area (Å²) in [5, 5.41) is 13.0. The van der Waals surface area contributed by atoms with Crippen LogP contribution in [0.5, 0.6) is 0 Å². The Morgan fingerprint density at radius 3 is 2.74 bits per heavy atom. The predicted octanol–water partition coefficient (Wildman–Crippen LogP) is 3.21. The Labute approximate surface area is 134 Å². The van der Waals surface area contributed by atoms with Crippen molar-refractivity contribution in [2.24, 2.45) is 0 Å². The molecule has 4 nitrogen and oxygen atoms in total. The van der Waals surface area contributed by atoms with Crippen LogP contribution in [-0.2, 0) is 12.8 Å². The van der Waals surface area contributed by atoms with E-state index in [-0.39, 0.29) is 12.3 Å². The summed E-state index contributed by atoms with van der Waals surface area (Å²) >= 11 is 0. The Balaban J connectivity index is 1.65. The van der Waals surface area contributed by atoms with E-state index in [4.69, 9.17) is 5.26 Å². The lowest BCUT2D eigenvalue weighted by molar-refractivity contribution is 0.0953. The fourth-order valence-corrected chi connectivity index (χ4v) is 2.73. The van der Waals surface area contributed by atoms with E-state index in [2.05, 4.69) is 22.4 Å². The Morgan fingerprint density at radius 1 is 1.09 bits per heavy atom. The van der Waals surface area contributed by atoms with Gasteiger partial charge in [0.2, 0.25) is 0 Å². The van der Waals surface area contributed by atoms with Gasteiger partial charge < -0.3 is 10.3 Å². The number of carbonyl (C=O) groups is 1. The summed E-state index contributed by atoms with van der Waals surface area (Å²) in [4.78, 5) is 15.5. The fourth-order valence-electron chi connectivity index (χ4n) is 2.73. The first-order chi connectivity index (χ1) is 11.3. The lowest BCUT2D eigenvalue weighted by Gasteiger charge is -2.08. The van der Waals surface area contributed by atoms with Crippen molar-refractivity contribution in [3.63, 3.8) is 0 Å². The van der Waals surface area contributed by atoms with Crippen LogP contribution < -0.4 is 5.32 Å². The number of H-pyrrole nitrogens is 1. The molecular formula is C19H17N3O. The van der Waals surface area contributed by atoms with Gasteiger partial charge in [-0.1, -0.05) is 36.4 Å². The quantitative estimate of drug-likeness (QED) is 0.760. The number of para-hydroxylation sites is 1. The number of hydrogen-bond acceptors (Lipinski definition) is 2. The summed E-state index contributed by atoms with van der Waals surface area (Å²) in [6.45, 7) is 0.557. The molecule has 0 saturated heterocycles. The zero-order valence-corrected chi connectivity index (χ0v) is 12.7. The molecule has 0 saturated carbocycles. The van der Waals surface area contributed by atoms with Crippen molar-refractivity contribution >= 4 is 16.8 Å². The van der Waals surface area contributed by atoms with Gasteiger partial charge in [-0.3, -0.25) is 4.79 Å². The first kappa shape index (κ1) is 14.9. The van der Waals surface area contributed by atoms with Crippen molar-refractivity contribution < 1.29 is 4.79 Å². The Kier molecular flexibility index (Phi) is 4.39. The first-order valence-corrected chi connectivity index (χ1v) is 7.57. The minimum atomic E-state index is -0.129. The molecule has 0 unspecified atom stereocenters. The van der Waals surface area contributed by atoms with Crippen LogP contribution >= 0.6 is 0 Å². The molecule has 0 atom stereocenters. The molecular weight excluding hydrogens is 286 g/mol. The molecule has 23 heavy (non-hydrogen) atoms. The second kappa shape index (κ2) is 6.80. The molecule has 114 valence electrons. The summed E-state index contributed by atoms with van der Waals surface area (Å²) in [5.74, 6) is -0.129. The molecule has 1 amide bonds. The zero-order valence-electron chi connectivity index (χ0n) is 12.7. The maximum atomic E-state index is 12.3. The van der Waals surface area contributed by atoms with E-state index in [1.54, 1.807) is 6.07 Å². The van der Waals surface area contributed by atoms with E-state index in [1.165, 1.54) is 10.9 Å². The average molecular weight is 303 g/mol. The number of benzene rings is 2. The molecule has 1 heterocycles. The molecule has 0 aliphatic rings. The third-order valence-electron chi connectivity index (χ3n) is 3.89. The standard InChI is InChI=1S/C19H17N3O/c20-11-9-14-5-1-2-7-17(14)19(23)21-12-10-15-13-22-18-8-4-3-6-16(15)18/h1-8,13,22H,9-10,12H2,(H,21,23). The van der Waals surface area contributed by atoms with Crippen LogP contribution in [0.1, 0.15) is 21.5 Å². The van der Waals surface area contributed by atoms with Crippen LogP contribution in [0.2, 0.25) is 0 Å². The van der Waals surface area contributed by atoms with Crippen LogP contribution in [0.15, 0.2) is 54.7 Å². The second-order valence-corrected chi connectivity index (χ2v) is 5.36. The Bertz CT molecular complexity index is 873. The molecule has 0 aliphatic heterocycles. The van der Waals surface area contributed by atoms with Gasteiger partial charge in [0.25, 0.3) is 5.91 Å². The minimum Gasteiger partial charge on any atom is -0.361 e. The number of nitrogens with zero attached hydrogens (tertiary/aromatic N) is 1. The smallest absolute Gasteiger partial charge is 0.251 e. The van der Waals surface area contributed by atoms with Gasteiger partial charge in [0.15, 0.2) is 0 Å². The highest BCUT2D eigenvalue weighted by Crippen LogP contribution is 2.17. The maximum absolute atomic E-state index is 12.3. The van der Waals surface area contributed by atoms with Gasteiger partial charge in [-0.15, -0.1) is 0 Å². The van der Waals surface area contributed by atoms with Crippen molar-refractivity contribution in [1.29, 1.82) is 5.26 Å². The molecule has 1 aromatic heterocycles. The van der Waals surface area contributed by atoms with Crippen molar-refractivity contribution in [1.82, 2.24) is 10.3 Å². The summed E-state index contributed by atoms with van der Waals surface area (Å²) in [6.07, 6.45) is 2.99. The molecule has 2 aromatic carbocycles. The molecule has 3 aromatic rings. The number of carbonyl (C=O) groups excluding carboxylic acids is 1. The van der Waals surface area contributed by atoms with Crippen LogP contribution in [-0.4, -0.2) is 17.4 Å². The highest BCUT2D eigenvalue weighted by atomic mass is 16.1. The van der Waals surface area contributed by atoms with E-state index in [0.29, 0.717) is 12.1 Å². The van der Waals surface area contributed by atoms with Crippen molar-refractivity contribution in [2.45, 2.75) is 12.8 Å². The van der Waals surface area contributed by atoms with Gasteiger partial charge >= 0.3 is 0 Å². The largest absolute Gasteiger partial charge is 0.361 e. The fraction of sp³-hybridized carbons (Fsp3) is 0.158. The number of aromatic amines is 1. The van der Waals surface area contributed by atoms with Gasteiger partial charge in [0.1, 0.15) is 0 Å². The molecule has 0 aliphatic carbocycles. The Hall–Kier alpha value is -3.06. The number of fused-ring (bicyclic) bond motifs is 1. The number of rotatable bonds is 5. The number of nitriles is 1. The molecule has 4 heteroatoms.